The fraction of sp³-hybridized carbons (Fsp3) is 0.538. The summed E-state index contributed by atoms with van der Waals surface area (Å²) in [5.74, 6) is 0. The van der Waals surface area contributed by atoms with E-state index in [4.69, 9.17) is 0 Å². The molecule has 0 radical (unpaired) electrons. The summed E-state index contributed by atoms with van der Waals surface area (Å²) in [6.07, 6.45) is 0.953. The van der Waals surface area contributed by atoms with Gasteiger partial charge in [0.05, 0.1) is 16.9 Å². The van der Waals surface area contributed by atoms with Crippen molar-refractivity contribution in [1.29, 1.82) is 0 Å². The highest BCUT2D eigenvalue weighted by Crippen LogP contribution is 2.25. The van der Waals surface area contributed by atoms with E-state index in [1.165, 1.54) is 10.6 Å². The van der Waals surface area contributed by atoms with Crippen molar-refractivity contribution in [3.63, 3.8) is 0 Å². The van der Waals surface area contributed by atoms with Crippen molar-refractivity contribution in [3.05, 3.63) is 33.5 Å². The first-order chi connectivity index (χ1) is 8.61. The smallest absolute Gasteiger partial charge is 0.0798 e. The number of hydrogen-bond acceptors (Lipinski definition) is 4. The van der Waals surface area contributed by atoms with Crippen LogP contribution in [-0.2, 0) is 13.5 Å². The third kappa shape index (κ3) is 2.79. The van der Waals surface area contributed by atoms with Crippen molar-refractivity contribution in [1.82, 2.24) is 20.1 Å². The lowest BCUT2D eigenvalue weighted by molar-refractivity contribution is 0.533. The average Bonchev–Trinajstić information content (AvgIpc) is 2.85. The van der Waals surface area contributed by atoms with Gasteiger partial charge in [-0.1, -0.05) is 6.92 Å². The summed E-state index contributed by atoms with van der Waals surface area (Å²) in [5.41, 5.74) is 5.38. The molecule has 2 aromatic rings. The SMILES string of the molecule is CCNC(Cc1cc(C)nn1C)c1scnc1C. The Bertz CT molecular complexity index is 515. The monoisotopic (exact) mass is 264 g/mol. The first-order valence-corrected chi connectivity index (χ1v) is 7.12. The molecule has 0 aliphatic carbocycles. The molecule has 18 heavy (non-hydrogen) atoms. The maximum atomic E-state index is 4.40. The van der Waals surface area contributed by atoms with E-state index in [2.05, 4.69) is 35.3 Å². The van der Waals surface area contributed by atoms with Gasteiger partial charge in [0.15, 0.2) is 0 Å². The van der Waals surface area contributed by atoms with Crippen LogP contribution in [0.5, 0.6) is 0 Å². The molecule has 0 fully saturated rings. The Labute approximate surface area is 112 Å². The Kier molecular flexibility index (Phi) is 4.14. The molecule has 4 nitrogen and oxygen atoms in total. The quantitative estimate of drug-likeness (QED) is 0.901. The molecule has 0 amide bonds. The van der Waals surface area contributed by atoms with Crippen LogP contribution in [-0.4, -0.2) is 21.3 Å². The summed E-state index contributed by atoms with van der Waals surface area (Å²) >= 11 is 1.73. The van der Waals surface area contributed by atoms with Crippen LogP contribution in [0.25, 0.3) is 0 Å². The van der Waals surface area contributed by atoms with Gasteiger partial charge in [-0.25, -0.2) is 4.98 Å². The molecule has 1 N–H and O–H groups in total. The zero-order chi connectivity index (χ0) is 13.1. The molecule has 2 aromatic heterocycles. The van der Waals surface area contributed by atoms with Gasteiger partial charge in [-0.05, 0) is 26.5 Å². The van der Waals surface area contributed by atoms with Gasteiger partial charge >= 0.3 is 0 Å². The van der Waals surface area contributed by atoms with Crippen LogP contribution in [0.15, 0.2) is 11.6 Å². The van der Waals surface area contributed by atoms with E-state index in [1.54, 1.807) is 11.3 Å². The van der Waals surface area contributed by atoms with Crippen LogP contribution in [0.3, 0.4) is 0 Å². The van der Waals surface area contributed by atoms with Gasteiger partial charge in [0.1, 0.15) is 0 Å². The molecule has 98 valence electrons. The van der Waals surface area contributed by atoms with Gasteiger partial charge in [0.2, 0.25) is 0 Å². The topological polar surface area (TPSA) is 42.7 Å². The third-order valence-electron chi connectivity index (χ3n) is 3.06. The summed E-state index contributed by atoms with van der Waals surface area (Å²) in [6.45, 7) is 7.20. The molecule has 1 unspecified atom stereocenters. The average molecular weight is 264 g/mol. The largest absolute Gasteiger partial charge is 0.309 e. The Balaban J connectivity index is 2.22. The van der Waals surface area contributed by atoms with E-state index >= 15 is 0 Å². The minimum absolute atomic E-state index is 0.331. The van der Waals surface area contributed by atoms with Crippen LogP contribution in [0, 0.1) is 13.8 Å². The van der Waals surface area contributed by atoms with Crippen LogP contribution in [0.1, 0.15) is 34.9 Å². The van der Waals surface area contributed by atoms with Crippen LogP contribution in [0.4, 0.5) is 0 Å². The van der Waals surface area contributed by atoms with Crippen molar-refractivity contribution >= 4 is 11.3 Å². The predicted octanol–water partition coefficient (Wildman–Crippen LogP) is 2.39. The Morgan fingerprint density at radius 2 is 2.22 bits per heavy atom. The Morgan fingerprint density at radius 1 is 1.44 bits per heavy atom. The van der Waals surface area contributed by atoms with Gasteiger partial charge in [0, 0.05) is 30.1 Å². The maximum absolute atomic E-state index is 4.40. The van der Waals surface area contributed by atoms with Gasteiger partial charge in [-0.3, -0.25) is 4.68 Å². The number of likely N-dealkylation sites (N-methyl/N-ethyl adjacent to an activating group) is 1. The van der Waals surface area contributed by atoms with Crippen LogP contribution >= 0.6 is 11.3 Å². The lowest BCUT2D eigenvalue weighted by atomic mass is 10.1. The van der Waals surface area contributed by atoms with Crippen molar-refractivity contribution in [2.75, 3.05) is 6.54 Å². The van der Waals surface area contributed by atoms with Crippen LogP contribution < -0.4 is 5.32 Å². The lowest BCUT2D eigenvalue weighted by Crippen LogP contribution is -2.23. The van der Waals surface area contributed by atoms with E-state index < -0.39 is 0 Å². The summed E-state index contributed by atoms with van der Waals surface area (Å²) < 4.78 is 1.97. The van der Waals surface area contributed by atoms with Crippen molar-refractivity contribution in [2.45, 2.75) is 33.2 Å². The molecule has 0 aliphatic rings. The van der Waals surface area contributed by atoms with Gasteiger partial charge < -0.3 is 5.32 Å². The molecule has 0 saturated carbocycles. The fourth-order valence-corrected chi connectivity index (χ4v) is 3.09. The number of hydrogen-bond donors (Lipinski definition) is 1. The molecular formula is C13H20N4S. The zero-order valence-corrected chi connectivity index (χ0v) is 12.2. The number of aryl methyl sites for hydroxylation is 3. The number of nitrogens with zero attached hydrogens (tertiary/aromatic N) is 3. The molecule has 2 rings (SSSR count). The second-order valence-electron chi connectivity index (χ2n) is 4.52. The standard InChI is InChI=1S/C13H20N4S/c1-5-14-12(13-10(3)15-8-18-13)7-11-6-9(2)16-17(11)4/h6,8,12,14H,5,7H2,1-4H3. The molecule has 0 spiro atoms. The maximum Gasteiger partial charge on any atom is 0.0798 e. The molecule has 0 bridgehead atoms. The van der Waals surface area contributed by atoms with Crippen molar-refractivity contribution < 1.29 is 0 Å². The fourth-order valence-electron chi connectivity index (χ4n) is 2.21. The van der Waals surface area contributed by atoms with Gasteiger partial charge in [0.25, 0.3) is 0 Å². The van der Waals surface area contributed by atoms with E-state index in [1.807, 2.05) is 24.2 Å². The second kappa shape index (κ2) is 5.63. The molecule has 0 aliphatic heterocycles. The summed E-state index contributed by atoms with van der Waals surface area (Å²) in [4.78, 5) is 5.67. The molecule has 0 saturated heterocycles. The number of thiazole rings is 1. The summed E-state index contributed by atoms with van der Waals surface area (Å²) in [6, 6.07) is 2.48. The predicted molar refractivity (Wildman–Crippen MR) is 74.9 cm³/mol. The van der Waals surface area contributed by atoms with Gasteiger partial charge in [-0.15, -0.1) is 11.3 Å². The van der Waals surface area contributed by atoms with Gasteiger partial charge in [-0.2, -0.15) is 5.10 Å². The summed E-state index contributed by atoms with van der Waals surface area (Å²) in [7, 11) is 2.00. The second-order valence-corrected chi connectivity index (χ2v) is 5.40. The molecule has 5 heteroatoms. The summed E-state index contributed by atoms with van der Waals surface area (Å²) in [5, 5.41) is 7.94. The van der Waals surface area contributed by atoms with E-state index in [0.29, 0.717) is 6.04 Å². The Hall–Kier alpha value is -1.20. The van der Waals surface area contributed by atoms with E-state index in [-0.39, 0.29) is 0 Å². The zero-order valence-electron chi connectivity index (χ0n) is 11.4. The Morgan fingerprint density at radius 3 is 2.72 bits per heavy atom. The normalized spacial score (nSPS) is 12.9. The van der Waals surface area contributed by atoms with E-state index in [0.717, 1.165) is 24.4 Å². The first kappa shape index (κ1) is 13.2. The lowest BCUT2D eigenvalue weighted by Gasteiger charge is -2.17. The van der Waals surface area contributed by atoms with Crippen LogP contribution in [0.2, 0.25) is 0 Å². The number of aromatic nitrogens is 3. The highest BCUT2D eigenvalue weighted by atomic mass is 32.1. The van der Waals surface area contributed by atoms with Crippen molar-refractivity contribution in [3.8, 4) is 0 Å². The highest BCUT2D eigenvalue weighted by Gasteiger charge is 2.17. The number of nitrogens with one attached hydrogen (secondary N) is 1. The molecule has 2 heterocycles. The van der Waals surface area contributed by atoms with E-state index in [9.17, 15) is 0 Å². The first-order valence-electron chi connectivity index (χ1n) is 6.24. The van der Waals surface area contributed by atoms with Crippen molar-refractivity contribution in [2.24, 2.45) is 7.05 Å². The minimum atomic E-state index is 0.331. The number of rotatable bonds is 5. The molecular weight excluding hydrogens is 244 g/mol. The molecule has 0 aromatic carbocycles. The minimum Gasteiger partial charge on any atom is -0.309 e. The highest BCUT2D eigenvalue weighted by molar-refractivity contribution is 7.09. The third-order valence-corrected chi connectivity index (χ3v) is 4.11. The molecule has 1 atom stereocenters.